The molecule has 0 fully saturated rings. The molecule has 1 amide bonds. The Bertz CT molecular complexity index is 1100. The van der Waals surface area contributed by atoms with E-state index in [4.69, 9.17) is 9.47 Å². The van der Waals surface area contributed by atoms with Crippen molar-refractivity contribution in [3.63, 3.8) is 0 Å². The molecular formula is C26H34N4O3S. The third-order valence-corrected chi connectivity index (χ3v) is 6.15. The summed E-state index contributed by atoms with van der Waals surface area (Å²) in [7, 11) is 0. The van der Waals surface area contributed by atoms with Crippen LogP contribution >= 0.6 is 11.8 Å². The highest BCUT2D eigenvalue weighted by atomic mass is 32.2. The number of aromatic nitrogens is 3. The largest absolute Gasteiger partial charge is 0.492 e. The number of anilines is 1. The van der Waals surface area contributed by atoms with Gasteiger partial charge in [-0.15, -0.1) is 10.2 Å². The van der Waals surface area contributed by atoms with E-state index >= 15 is 0 Å². The molecule has 0 aliphatic carbocycles. The van der Waals surface area contributed by atoms with Crippen LogP contribution in [0.3, 0.4) is 0 Å². The number of para-hydroxylation sites is 3. The molecule has 1 aromatic heterocycles. The van der Waals surface area contributed by atoms with Gasteiger partial charge in [0.25, 0.3) is 0 Å². The van der Waals surface area contributed by atoms with E-state index in [9.17, 15) is 4.79 Å². The third kappa shape index (κ3) is 6.32. The van der Waals surface area contributed by atoms with E-state index in [1.807, 2.05) is 60.9 Å². The predicted octanol–water partition coefficient (Wildman–Crippen LogP) is 6.25. The molecule has 1 heterocycles. The minimum absolute atomic E-state index is 0.112. The van der Waals surface area contributed by atoms with E-state index < -0.39 is 0 Å². The lowest BCUT2D eigenvalue weighted by atomic mass is 10.0. The topological polar surface area (TPSA) is 78.3 Å². The summed E-state index contributed by atoms with van der Waals surface area (Å²) in [4.78, 5) is 12.6. The van der Waals surface area contributed by atoms with Crippen molar-refractivity contribution in [2.45, 2.75) is 64.8 Å². The Labute approximate surface area is 206 Å². The maximum absolute atomic E-state index is 12.6. The van der Waals surface area contributed by atoms with Crippen LogP contribution in [-0.2, 0) is 4.79 Å². The predicted molar refractivity (Wildman–Crippen MR) is 137 cm³/mol. The molecule has 3 rings (SSSR count). The first-order chi connectivity index (χ1) is 16.3. The van der Waals surface area contributed by atoms with Gasteiger partial charge in [-0.3, -0.25) is 4.79 Å². The van der Waals surface area contributed by atoms with Crippen molar-refractivity contribution >= 4 is 23.4 Å². The summed E-state index contributed by atoms with van der Waals surface area (Å²) >= 11 is 1.36. The molecule has 0 spiro atoms. The Morgan fingerprint density at radius 2 is 1.68 bits per heavy atom. The molecule has 1 unspecified atom stereocenters. The number of nitrogens with one attached hydrogen (secondary N) is 1. The van der Waals surface area contributed by atoms with E-state index in [-0.39, 0.29) is 23.8 Å². The average Bonchev–Trinajstić information content (AvgIpc) is 3.24. The molecule has 0 saturated carbocycles. The molecule has 1 N–H and O–H groups in total. The SMILES string of the molecule is CCOc1ccccc1NC(=O)CSc1nnc(C(C)Oc2ccccc2C(C)C)n1C(C)C. The molecule has 0 aliphatic rings. The average molecular weight is 483 g/mol. The van der Waals surface area contributed by atoms with Crippen LogP contribution in [0, 0.1) is 0 Å². The highest BCUT2D eigenvalue weighted by Gasteiger charge is 2.23. The summed E-state index contributed by atoms with van der Waals surface area (Å²) in [5, 5.41) is 12.4. The number of amides is 1. The maximum Gasteiger partial charge on any atom is 0.234 e. The number of hydrogen-bond acceptors (Lipinski definition) is 6. The first-order valence-corrected chi connectivity index (χ1v) is 12.6. The number of carbonyl (C=O) groups is 1. The molecule has 182 valence electrons. The van der Waals surface area contributed by atoms with Crippen LogP contribution in [0.25, 0.3) is 0 Å². The van der Waals surface area contributed by atoms with Gasteiger partial charge < -0.3 is 19.4 Å². The Morgan fingerprint density at radius 1 is 1.00 bits per heavy atom. The zero-order chi connectivity index (χ0) is 24.7. The lowest BCUT2D eigenvalue weighted by Gasteiger charge is -2.21. The minimum Gasteiger partial charge on any atom is -0.492 e. The van der Waals surface area contributed by atoms with Crippen molar-refractivity contribution in [2.75, 3.05) is 17.7 Å². The fourth-order valence-electron chi connectivity index (χ4n) is 3.63. The van der Waals surface area contributed by atoms with Crippen molar-refractivity contribution < 1.29 is 14.3 Å². The summed E-state index contributed by atoms with van der Waals surface area (Å²) in [6.45, 7) is 12.9. The number of nitrogens with zero attached hydrogens (tertiary/aromatic N) is 3. The van der Waals surface area contributed by atoms with Crippen LogP contribution < -0.4 is 14.8 Å². The quantitative estimate of drug-likeness (QED) is 0.325. The lowest BCUT2D eigenvalue weighted by molar-refractivity contribution is -0.113. The monoisotopic (exact) mass is 482 g/mol. The highest BCUT2D eigenvalue weighted by Crippen LogP contribution is 2.32. The first-order valence-electron chi connectivity index (χ1n) is 11.7. The zero-order valence-corrected chi connectivity index (χ0v) is 21.6. The van der Waals surface area contributed by atoms with Crippen LogP contribution in [0.4, 0.5) is 5.69 Å². The lowest BCUT2D eigenvalue weighted by Crippen LogP contribution is -2.17. The zero-order valence-electron chi connectivity index (χ0n) is 20.7. The van der Waals surface area contributed by atoms with Crippen LogP contribution in [0.15, 0.2) is 53.7 Å². The Morgan fingerprint density at radius 3 is 2.35 bits per heavy atom. The molecule has 34 heavy (non-hydrogen) atoms. The normalized spacial score (nSPS) is 12.1. The molecule has 0 radical (unpaired) electrons. The number of benzene rings is 2. The molecule has 2 aromatic carbocycles. The Kier molecular flexibility index (Phi) is 8.98. The van der Waals surface area contributed by atoms with Crippen LogP contribution in [0.2, 0.25) is 0 Å². The summed E-state index contributed by atoms with van der Waals surface area (Å²) < 4.78 is 13.9. The number of rotatable bonds is 11. The summed E-state index contributed by atoms with van der Waals surface area (Å²) in [5.41, 5.74) is 1.82. The standard InChI is InChI=1S/C26H34N4O3S/c1-7-32-23-15-11-9-13-21(23)27-24(31)16-34-26-29-28-25(30(26)18(4)5)19(6)33-22-14-10-8-12-20(22)17(2)3/h8-15,17-19H,7,16H2,1-6H3,(H,27,31). The van der Waals surface area contributed by atoms with Crippen molar-refractivity contribution in [3.8, 4) is 11.5 Å². The third-order valence-electron chi connectivity index (χ3n) is 5.21. The van der Waals surface area contributed by atoms with Gasteiger partial charge in [0, 0.05) is 6.04 Å². The molecule has 0 saturated heterocycles. The maximum atomic E-state index is 12.6. The summed E-state index contributed by atoms with van der Waals surface area (Å²) in [6, 6.07) is 15.6. The van der Waals surface area contributed by atoms with Crippen molar-refractivity contribution in [3.05, 3.63) is 59.9 Å². The number of carbonyl (C=O) groups excluding carboxylic acids is 1. The van der Waals surface area contributed by atoms with E-state index in [1.54, 1.807) is 0 Å². The van der Waals surface area contributed by atoms with Crippen molar-refractivity contribution in [1.29, 1.82) is 0 Å². The fourth-order valence-corrected chi connectivity index (χ4v) is 4.50. The Balaban J connectivity index is 1.71. The van der Waals surface area contributed by atoms with Gasteiger partial charge in [0.1, 0.15) is 11.5 Å². The smallest absolute Gasteiger partial charge is 0.234 e. The van der Waals surface area contributed by atoms with E-state index in [1.165, 1.54) is 11.8 Å². The van der Waals surface area contributed by atoms with Gasteiger partial charge in [0.05, 0.1) is 18.0 Å². The molecule has 1 atom stereocenters. The fraction of sp³-hybridized carbons (Fsp3) is 0.423. The van der Waals surface area contributed by atoms with Gasteiger partial charge in [-0.2, -0.15) is 0 Å². The molecule has 0 bridgehead atoms. The van der Waals surface area contributed by atoms with Crippen LogP contribution in [-0.4, -0.2) is 33.0 Å². The van der Waals surface area contributed by atoms with Crippen molar-refractivity contribution in [2.24, 2.45) is 0 Å². The van der Waals surface area contributed by atoms with Crippen LogP contribution in [0.5, 0.6) is 11.5 Å². The number of thioether (sulfide) groups is 1. The molecule has 8 heteroatoms. The molecule has 7 nitrogen and oxygen atoms in total. The number of ether oxygens (including phenoxy) is 2. The van der Waals surface area contributed by atoms with E-state index in [0.29, 0.717) is 29.1 Å². The molecular weight excluding hydrogens is 448 g/mol. The van der Waals surface area contributed by atoms with Gasteiger partial charge >= 0.3 is 0 Å². The van der Waals surface area contributed by atoms with Crippen molar-refractivity contribution in [1.82, 2.24) is 14.8 Å². The first kappa shape index (κ1) is 25.6. The van der Waals surface area contributed by atoms with Gasteiger partial charge in [0.15, 0.2) is 17.1 Å². The highest BCUT2D eigenvalue weighted by molar-refractivity contribution is 7.99. The minimum atomic E-state index is -0.295. The second kappa shape index (κ2) is 11.9. The number of hydrogen-bond donors (Lipinski definition) is 1. The molecule has 3 aromatic rings. The van der Waals surface area contributed by atoms with E-state index in [0.717, 1.165) is 17.1 Å². The van der Waals surface area contributed by atoms with Gasteiger partial charge in [-0.05, 0) is 57.4 Å². The summed E-state index contributed by atoms with van der Waals surface area (Å²) in [6.07, 6.45) is -0.295. The summed E-state index contributed by atoms with van der Waals surface area (Å²) in [5.74, 6) is 2.67. The van der Waals surface area contributed by atoms with Gasteiger partial charge in [-0.1, -0.05) is 55.9 Å². The second-order valence-corrected chi connectivity index (χ2v) is 9.47. The Hall–Kier alpha value is -3.00. The second-order valence-electron chi connectivity index (χ2n) is 8.52. The van der Waals surface area contributed by atoms with Crippen LogP contribution in [0.1, 0.15) is 71.0 Å². The molecule has 0 aliphatic heterocycles. The van der Waals surface area contributed by atoms with E-state index in [2.05, 4.69) is 49.3 Å². The van der Waals surface area contributed by atoms with Gasteiger partial charge in [-0.25, -0.2) is 0 Å². The van der Waals surface area contributed by atoms with Gasteiger partial charge in [0.2, 0.25) is 5.91 Å².